The molecule has 23 heavy (non-hydrogen) atoms. The summed E-state index contributed by atoms with van der Waals surface area (Å²) >= 11 is 1.36. The first-order valence-corrected chi connectivity index (χ1v) is 8.55. The zero-order valence-corrected chi connectivity index (χ0v) is 14.2. The highest BCUT2D eigenvalue weighted by atomic mass is 32.1. The summed E-state index contributed by atoms with van der Waals surface area (Å²) in [5.74, 6) is -0.333. The van der Waals surface area contributed by atoms with Gasteiger partial charge in [-0.3, -0.25) is 14.3 Å². The maximum Gasteiger partial charge on any atom is 0.262 e. The fraction of sp³-hybridized carbons (Fsp3) is 0.438. The predicted molar refractivity (Wildman–Crippen MR) is 90.3 cm³/mol. The van der Waals surface area contributed by atoms with Crippen molar-refractivity contribution in [3.8, 4) is 0 Å². The number of hydrogen-bond acceptors (Lipinski definition) is 4. The molecule has 2 rings (SSSR count). The van der Waals surface area contributed by atoms with E-state index in [1.165, 1.54) is 11.3 Å². The van der Waals surface area contributed by atoms with E-state index in [4.69, 9.17) is 0 Å². The summed E-state index contributed by atoms with van der Waals surface area (Å²) in [6.45, 7) is 5.14. The maximum absolute atomic E-state index is 12.3. The standard InChI is InChI=1S/C16H22N4O2S/c1-12(2)14(19-15(21)13-6-3-11-23-13)16(22)17-7-4-9-20-10-5-8-18-20/h3,5-6,8,10-12,14H,4,7,9H2,1-2H3,(H,17,22)(H,19,21)/t14-/m1/s1. The number of carbonyl (C=O) groups excluding carboxylic acids is 2. The van der Waals surface area contributed by atoms with Crippen molar-refractivity contribution in [1.29, 1.82) is 0 Å². The van der Waals surface area contributed by atoms with Crippen LogP contribution >= 0.6 is 11.3 Å². The lowest BCUT2D eigenvalue weighted by Crippen LogP contribution is -2.49. The number of nitrogens with one attached hydrogen (secondary N) is 2. The van der Waals surface area contributed by atoms with E-state index in [0.717, 1.165) is 13.0 Å². The third-order valence-corrected chi connectivity index (χ3v) is 4.27. The minimum atomic E-state index is -0.533. The van der Waals surface area contributed by atoms with Gasteiger partial charge in [0.15, 0.2) is 0 Å². The molecule has 0 aromatic carbocycles. The smallest absolute Gasteiger partial charge is 0.262 e. The van der Waals surface area contributed by atoms with Gasteiger partial charge in [0.2, 0.25) is 5.91 Å². The molecule has 0 saturated carbocycles. The van der Waals surface area contributed by atoms with Gasteiger partial charge in [-0.1, -0.05) is 19.9 Å². The first kappa shape index (κ1) is 17.2. The number of rotatable bonds is 8. The Hall–Kier alpha value is -2.15. The van der Waals surface area contributed by atoms with Crippen LogP contribution in [-0.2, 0) is 11.3 Å². The van der Waals surface area contributed by atoms with Gasteiger partial charge in [-0.25, -0.2) is 0 Å². The van der Waals surface area contributed by atoms with Gasteiger partial charge in [-0.2, -0.15) is 5.10 Å². The van der Waals surface area contributed by atoms with Crippen molar-refractivity contribution in [1.82, 2.24) is 20.4 Å². The molecule has 0 radical (unpaired) electrons. The van der Waals surface area contributed by atoms with Crippen molar-refractivity contribution in [3.05, 3.63) is 40.8 Å². The van der Waals surface area contributed by atoms with Crippen molar-refractivity contribution in [3.63, 3.8) is 0 Å². The van der Waals surface area contributed by atoms with E-state index in [2.05, 4.69) is 15.7 Å². The molecule has 2 amide bonds. The van der Waals surface area contributed by atoms with Gasteiger partial charge in [0.1, 0.15) is 6.04 Å². The molecule has 2 N–H and O–H groups in total. The molecule has 6 nitrogen and oxygen atoms in total. The quantitative estimate of drug-likeness (QED) is 0.724. The Bertz CT molecular complexity index is 608. The van der Waals surface area contributed by atoms with Gasteiger partial charge >= 0.3 is 0 Å². The number of carbonyl (C=O) groups is 2. The highest BCUT2D eigenvalue weighted by Gasteiger charge is 2.24. The number of hydrogen-bond donors (Lipinski definition) is 2. The summed E-state index contributed by atoms with van der Waals surface area (Å²) in [5, 5.41) is 11.7. The maximum atomic E-state index is 12.3. The molecule has 2 aromatic rings. The van der Waals surface area contributed by atoms with Crippen molar-refractivity contribution in [2.24, 2.45) is 5.92 Å². The average molecular weight is 334 g/mol. The fourth-order valence-electron chi connectivity index (χ4n) is 2.15. The highest BCUT2D eigenvalue weighted by Crippen LogP contribution is 2.10. The van der Waals surface area contributed by atoms with E-state index in [-0.39, 0.29) is 17.7 Å². The summed E-state index contributed by atoms with van der Waals surface area (Å²) in [4.78, 5) is 25.0. The van der Waals surface area contributed by atoms with E-state index in [1.54, 1.807) is 12.3 Å². The van der Waals surface area contributed by atoms with Crippen LogP contribution in [0.4, 0.5) is 0 Å². The number of nitrogens with zero attached hydrogens (tertiary/aromatic N) is 2. The Morgan fingerprint density at radius 3 is 2.78 bits per heavy atom. The molecule has 2 aromatic heterocycles. The van der Waals surface area contributed by atoms with Crippen LogP contribution in [0.5, 0.6) is 0 Å². The van der Waals surface area contributed by atoms with Gasteiger partial charge in [0, 0.05) is 25.5 Å². The second kappa shape index (κ2) is 8.47. The average Bonchev–Trinajstić information content (AvgIpc) is 3.21. The zero-order chi connectivity index (χ0) is 16.7. The molecule has 0 bridgehead atoms. The molecule has 1 atom stereocenters. The third-order valence-electron chi connectivity index (χ3n) is 3.40. The van der Waals surface area contributed by atoms with Crippen LogP contribution in [0.2, 0.25) is 0 Å². The molecule has 0 aliphatic heterocycles. The summed E-state index contributed by atoms with van der Waals surface area (Å²) in [6, 6.07) is 4.90. The summed E-state index contributed by atoms with van der Waals surface area (Å²) in [5.41, 5.74) is 0. The van der Waals surface area contributed by atoms with E-state index in [9.17, 15) is 9.59 Å². The minimum Gasteiger partial charge on any atom is -0.354 e. The fourth-order valence-corrected chi connectivity index (χ4v) is 2.78. The van der Waals surface area contributed by atoms with Gasteiger partial charge in [0.05, 0.1) is 4.88 Å². The first-order chi connectivity index (χ1) is 11.1. The van der Waals surface area contributed by atoms with Crippen LogP contribution in [0.1, 0.15) is 29.9 Å². The monoisotopic (exact) mass is 334 g/mol. The molecular weight excluding hydrogens is 312 g/mol. The molecule has 0 spiro atoms. The van der Waals surface area contributed by atoms with E-state index >= 15 is 0 Å². The van der Waals surface area contributed by atoms with Crippen molar-refractivity contribution >= 4 is 23.2 Å². The van der Waals surface area contributed by atoms with Crippen LogP contribution in [0.3, 0.4) is 0 Å². The van der Waals surface area contributed by atoms with Crippen LogP contribution in [-0.4, -0.2) is 34.2 Å². The second-order valence-corrected chi connectivity index (χ2v) is 6.53. The first-order valence-electron chi connectivity index (χ1n) is 7.67. The molecule has 0 aliphatic carbocycles. The minimum absolute atomic E-state index is 0.0185. The SMILES string of the molecule is CC(C)[C@@H](NC(=O)c1cccs1)C(=O)NCCCn1cccn1. The number of amides is 2. The predicted octanol–water partition coefficient (Wildman–Crippen LogP) is 1.91. The topological polar surface area (TPSA) is 76.0 Å². The second-order valence-electron chi connectivity index (χ2n) is 5.59. The Labute approximate surface area is 139 Å². The Kier molecular flexibility index (Phi) is 6.34. The lowest BCUT2D eigenvalue weighted by atomic mass is 10.0. The number of thiophene rings is 1. The molecular formula is C16H22N4O2S. The van der Waals surface area contributed by atoms with Crippen LogP contribution in [0, 0.1) is 5.92 Å². The molecule has 0 fully saturated rings. The number of aryl methyl sites for hydroxylation is 1. The molecule has 2 heterocycles. The van der Waals surface area contributed by atoms with Crippen LogP contribution in [0.15, 0.2) is 36.0 Å². The van der Waals surface area contributed by atoms with E-state index < -0.39 is 6.04 Å². The Balaban J connectivity index is 1.79. The van der Waals surface area contributed by atoms with Crippen molar-refractivity contribution in [2.75, 3.05) is 6.54 Å². The van der Waals surface area contributed by atoms with E-state index in [1.807, 2.05) is 42.2 Å². The Morgan fingerprint density at radius 1 is 1.35 bits per heavy atom. The summed E-state index contributed by atoms with van der Waals surface area (Å²) < 4.78 is 1.82. The van der Waals surface area contributed by atoms with E-state index in [0.29, 0.717) is 11.4 Å². The van der Waals surface area contributed by atoms with Crippen LogP contribution in [0.25, 0.3) is 0 Å². The van der Waals surface area contributed by atoms with Crippen LogP contribution < -0.4 is 10.6 Å². The van der Waals surface area contributed by atoms with Crippen molar-refractivity contribution < 1.29 is 9.59 Å². The van der Waals surface area contributed by atoms with Gasteiger partial charge in [0.25, 0.3) is 5.91 Å². The Morgan fingerprint density at radius 2 is 2.17 bits per heavy atom. The lowest BCUT2D eigenvalue weighted by molar-refractivity contribution is -0.123. The normalized spacial score (nSPS) is 12.1. The highest BCUT2D eigenvalue weighted by molar-refractivity contribution is 7.12. The molecule has 124 valence electrons. The summed E-state index contributed by atoms with van der Waals surface area (Å²) in [6.07, 6.45) is 4.41. The third kappa shape index (κ3) is 5.21. The number of aromatic nitrogens is 2. The lowest BCUT2D eigenvalue weighted by Gasteiger charge is -2.21. The molecule has 7 heteroatoms. The molecule has 0 aliphatic rings. The van der Waals surface area contributed by atoms with Gasteiger partial charge in [-0.15, -0.1) is 11.3 Å². The largest absolute Gasteiger partial charge is 0.354 e. The molecule has 0 unspecified atom stereocenters. The van der Waals surface area contributed by atoms with Gasteiger partial charge in [-0.05, 0) is 29.9 Å². The zero-order valence-electron chi connectivity index (χ0n) is 13.4. The molecule has 0 saturated heterocycles. The van der Waals surface area contributed by atoms with Crippen molar-refractivity contribution in [2.45, 2.75) is 32.9 Å². The van der Waals surface area contributed by atoms with Gasteiger partial charge < -0.3 is 10.6 Å². The summed E-state index contributed by atoms with van der Waals surface area (Å²) in [7, 11) is 0.